The minimum atomic E-state index is -0.437. The molecule has 0 aromatic carbocycles. The van der Waals surface area contributed by atoms with Crippen molar-refractivity contribution in [2.75, 3.05) is 27.3 Å². The molecule has 3 nitrogen and oxygen atoms in total. The molecule has 1 heterocycles. The normalized spacial score (nSPS) is 32.2. The molecule has 1 unspecified atom stereocenters. The number of nitrogens with zero attached hydrogens (tertiary/aromatic N) is 1. The molecule has 0 saturated carbocycles. The van der Waals surface area contributed by atoms with Crippen LogP contribution in [0.4, 0.5) is 0 Å². The number of hydrogen-bond acceptors (Lipinski definition) is 3. The summed E-state index contributed by atoms with van der Waals surface area (Å²) in [6.45, 7) is 3.77. The summed E-state index contributed by atoms with van der Waals surface area (Å²) in [5.74, 6) is -0.437. The SMILES string of the molecule is CCOC1(OC)CCCCN1C. The van der Waals surface area contributed by atoms with Gasteiger partial charge < -0.3 is 9.47 Å². The van der Waals surface area contributed by atoms with Crippen LogP contribution in [0.5, 0.6) is 0 Å². The first-order chi connectivity index (χ1) is 5.75. The van der Waals surface area contributed by atoms with Crippen LogP contribution in [-0.4, -0.2) is 38.1 Å². The van der Waals surface area contributed by atoms with Gasteiger partial charge in [-0.2, -0.15) is 0 Å². The first-order valence-corrected chi connectivity index (χ1v) is 4.65. The third kappa shape index (κ3) is 1.79. The van der Waals surface area contributed by atoms with Gasteiger partial charge in [-0.25, -0.2) is 0 Å². The molecule has 0 radical (unpaired) electrons. The van der Waals surface area contributed by atoms with E-state index in [1.54, 1.807) is 7.11 Å². The zero-order valence-corrected chi connectivity index (χ0v) is 8.30. The van der Waals surface area contributed by atoms with E-state index in [1.165, 1.54) is 12.8 Å². The van der Waals surface area contributed by atoms with Crippen LogP contribution in [0.1, 0.15) is 26.2 Å². The molecule has 0 aromatic rings. The third-order valence-corrected chi connectivity index (χ3v) is 2.51. The molecule has 1 rings (SSSR count). The summed E-state index contributed by atoms with van der Waals surface area (Å²) >= 11 is 0. The van der Waals surface area contributed by atoms with E-state index in [2.05, 4.69) is 11.9 Å². The smallest absolute Gasteiger partial charge is 0.229 e. The van der Waals surface area contributed by atoms with Gasteiger partial charge in [-0.15, -0.1) is 0 Å². The lowest BCUT2D eigenvalue weighted by Crippen LogP contribution is -2.53. The number of rotatable bonds is 3. The van der Waals surface area contributed by atoms with Crippen molar-refractivity contribution < 1.29 is 9.47 Å². The van der Waals surface area contributed by atoms with Crippen LogP contribution >= 0.6 is 0 Å². The maximum absolute atomic E-state index is 5.64. The lowest BCUT2D eigenvalue weighted by atomic mass is 10.1. The van der Waals surface area contributed by atoms with Crippen LogP contribution < -0.4 is 0 Å². The van der Waals surface area contributed by atoms with Crippen molar-refractivity contribution >= 4 is 0 Å². The Morgan fingerprint density at radius 1 is 1.42 bits per heavy atom. The molecule has 0 amide bonds. The van der Waals surface area contributed by atoms with Crippen molar-refractivity contribution in [3.63, 3.8) is 0 Å². The maximum Gasteiger partial charge on any atom is 0.229 e. The molecule has 1 aliphatic heterocycles. The number of likely N-dealkylation sites (tertiary alicyclic amines) is 1. The molecule has 3 heteroatoms. The summed E-state index contributed by atoms with van der Waals surface area (Å²) in [5, 5.41) is 0. The fraction of sp³-hybridized carbons (Fsp3) is 1.00. The Hall–Kier alpha value is -0.120. The Morgan fingerprint density at radius 2 is 2.17 bits per heavy atom. The van der Waals surface area contributed by atoms with E-state index in [0.717, 1.165) is 13.0 Å². The topological polar surface area (TPSA) is 21.7 Å². The highest BCUT2D eigenvalue weighted by Gasteiger charge is 2.37. The molecule has 12 heavy (non-hydrogen) atoms. The zero-order valence-electron chi connectivity index (χ0n) is 8.30. The van der Waals surface area contributed by atoms with Crippen molar-refractivity contribution in [2.24, 2.45) is 0 Å². The predicted octanol–water partition coefficient (Wildman–Crippen LogP) is 1.44. The second-order valence-corrected chi connectivity index (χ2v) is 3.23. The lowest BCUT2D eigenvalue weighted by Gasteiger charge is -2.42. The Bertz CT molecular complexity index is 136. The van der Waals surface area contributed by atoms with E-state index in [9.17, 15) is 0 Å². The number of methoxy groups -OCH3 is 1. The van der Waals surface area contributed by atoms with Gasteiger partial charge in [-0.1, -0.05) is 0 Å². The van der Waals surface area contributed by atoms with Crippen LogP contribution in [-0.2, 0) is 9.47 Å². The highest BCUT2D eigenvalue weighted by atomic mass is 16.7. The number of hydrogen-bond donors (Lipinski definition) is 0. The summed E-state index contributed by atoms with van der Waals surface area (Å²) in [6.07, 6.45) is 3.42. The first-order valence-electron chi connectivity index (χ1n) is 4.65. The molecule has 0 aliphatic carbocycles. The van der Waals surface area contributed by atoms with E-state index < -0.39 is 5.91 Å². The Labute approximate surface area is 74.6 Å². The third-order valence-electron chi connectivity index (χ3n) is 2.51. The van der Waals surface area contributed by atoms with Gasteiger partial charge in [0.25, 0.3) is 0 Å². The Morgan fingerprint density at radius 3 is 2.67 bits per heavy atom. The van der Waals surface area contributed by atoms with Gasteiger partial charge in [0.1, 0.15) is 0 Å². The van der Waals surface area contributed by atoms with E-state index in [1.807, 2.05) is 6.92 Å². The second kappa shape index (κ2) is 4.21. The number of piperidine rings is 1. The largest absolute Gasteiger partial charge is 0.341 e. The average Bonchev–Trinajstić information content (AvgIpc) is 2.10. The van der Waals surface area contributed by atoms with Gasteiger partial charge in [0.2, 0.25) is 5.91 Å². The fourth-order valence-corrected chi connectivity index (χ4v) is 1.78. The summed E-state index contributed by atoms with van der Waals surface area (Å²) in [4.78, 5) is 2.15. The molecule has 0 spiro atoms. The van der Waals surface area contributed by atoms with Gasteiger partial charge in [-0.05, 0) is 26.8 Å². The van der Waals surface area contributed by atoms with Crippen LogP contribution in [0.2, 0.25) is 0 Å². The molecule has 1 aliphatic rings. The van der Waals surface area contributed by atoms with Crippen molar-refractivity contribution in [3.8, 4) is 0 Å². The zero-order chi connectivity index (χ0) is 9.03. The van der Waals surface area contributed by atoms with Crippen LogP contribution in [0.25, 0.3) is 0 Å². The van der Waals surface area contributed by atoms with E-state index in [0.29, 0.717) is 6.61 Å². The Kier molecular flexibility index (Phi) is 3.50. The minimum Gasteiger partial charge on any atom is -0.341 e. The van der Waals surface area contributed by atoms with Crippen LogP contribution in [0.3, 0.4) is 0 Å². The molecule has 0 aromatic heterocycles. The monoisotopic (exact) mass is 173 g/mol. The van der Waals surface area contributed by atoms with Crippen LogP contribution in [0.15, 0.2) is 0 Å². The number of ether oxygens (including phenoxy) is 2. The molecule has 0 N–H and O–H groups in total. The molecule has 1 fully saturated rings. The quantitative estimate of drug-likeness (QED) is 0.603. The molecular formula is C9H19NO2. The summed E-state index contributed by atoms with van der Waals surface area (Å²) in [6, 6.07) is 0. The van der Waals surface area contributed by atoms with Crippen LogP contribution in [0, 0.1) is 0 Å². The standard InChI is InChI=1S/C9H19NO2/c1-4-12-9(11-3)7-5-6-8-10(9)2/h4-8H2,1-3H3. The summed E-state index contributed by atoms with van der Waals surface area (Å²) < 4.78 is 11.1. The highest BCUT2D eigenvalue weighted by Crippen LogP contribution is 2.28. The Balaban J connectivity index is 2.60. The molecular weight excluding hydrogens is 154 g/mol. The van der Waals surface area contributed by atoms with Crippen molar-refractivity contribution in [3.05, 3.63) is 0 Å². The van der Waals surface area contributed by atoms with Crippen molar-refractivity contribution in [1.29, 1.82) is 0 Å². The first kappa shape index (κ1) is 9.96. The van der Waals surface area contributed by atoms with Crippen molar-refractivity contribution in [1.82, 2.24) is 4.90 Å². The maximum atomic E-state index is 5.64. The predicted molar refractivity (Wildman–Crippen MR) is 47.8 cm³/mol. The van der Waals surface area contributed by atoms with Gasteiger partial charge in [0.05, 0.1) is 0 Å². The van der Waals surface area contributed by atoms with E-state index >= 15 is 0 Å². The summed E-state index contributed by atoms with van der Waals surface area (Å²) in [5.41, 5.74) is 0. The summed E-state index contributed by atoms with van der Waals surface area (Å²) in [7, 11) is 3.77. The minimum absolute atomic E-state index is 0.437. The van der Waals surface area contributed by atoms with Gasteiger partial charge in [0, 0.05) is 26.7 Å². The van der Waals surface area contributed by atoms with Gasteiger partial charge >= 0.3 is 0 Å². The second-order valence-electron chi connectivity index (χ2n) is 3.23. The average molecular weight is 173 g/mol. The van der Waals surface area contributed by atoms with E-state index in [-0.39, 0.29) is 0 Å². The highest BCUT2D eigenvalue weighted by molar-refractivity contribution is 4.74. The van der Waals surface area contributed by atoms with Crippen molar-refractivity contribution in [2.45, 2.75) is 32.1 Å². The molecule has 1 atom stereocenters. The lowest BCUT2D eigenvalue weighted by molar-refractivity contribution is -0.311. The molecule has 0 bridgehead atoms. The van der Waals surface area contributed by atoms with Gasteiger partial charge in [0.15, 0.2) is 0 Å². The molecule has 1 saturated heterocycles. The fourth-order valence-electron chi connectivity index (χ4n) is 1.78. The van der Waals surface area contributed by atoms with Gasteiger partial charge in [-0.3, -0.25) is 4.90 Å². The van der Waals surface area contributed by atoms with E-state index in [4.69, 9.17) is 9.47 Å². The molecule has 72 valence electrons.